The van der Waals surface area contributed by atoms with Crippen LogP contribution in [-0.4, -0.2) is 90.0 Å². The second kappa shape index (κ2) is 12.5. The maximum Gasteiger partial charge on any atom is 0.267 e. The van der Waals surface area contributed by atoms with E-state index in [9.17, 15) is 19.5 Å². The van der Waals surface area contributed by atoms with E-state index in [0.29, 0.717) is 18.1 Å². The summed E-state index contributed by atoms with van der Waals surface area (Å²) < 4.78 is 6.89. The number of piperazine rings is 1. The summed E-state index contributed by atoms with van der Waals surface area (Å²) in [6.45, 7) is 5.73. The molecule has 8 nitrogen and oxygen atoms in total. The van der Waals surface area contributed by atoms with Gasteiger partial charge in [0, 0.05) is 57.0 Å². The maximum atomic E-state index is 13.0. The first-order valence-electron chi connectivity index (χ1n) is 13.5. The van der Waals surface area contributed by atoms with Crippen LogP contribution in [0.15, 0.2) is 97.1 Å². The Morgan fingerprint density at radius 3 is 1.68 bits per heavy atom. The highest BCUT2D eigenvalue weighted by molar-refractivity contribution is 6.25. The van der Waals surface area contributed by atoms with Gasteiger partial charge in [0.2, 0.25) is 0 Å². The van der Waals surface area contributed by atoms with Gasteiger partial charge in [0.1, 0.15) is 5.60 Å². The standard InChI is InChI=1S/C32H33N3O5/c36-23-21-33-17-19-34(20-18-33)22-24-40-32(26-7-3-1-4-8-26,27-9-5-2-6-10-27)28-13-11-25(12-14-28)31(39)35-29(37)15-16-30(35)38/h1-16,36H,17-24H2. The highest BCUT2D eigenvalue weighted by atomic mass is 16.5. The topological polar surface area (TPSA) is 90.4 Å². The normalized spacial score (nSPS) is 16.6. The van der Waals surface area contributed by atoms with Crippen molar-refractivity contribution in [2.75, 3.05) is 52.5 Å². The van der Waals surface area contributed by atoms with Crippen LogP contribution in [0.3, 0.4) is 0 Å². The lowest BCUT2D eigenvalue weighted by atomic mass is 9.79. The second-order valence-electron chi connectivity index (χ2n) is 9.90. The van der Waals surface area contributed by atoms with E-state index in [1.54, 1.807) is 12.1 Å². The molecule has 3 aromatic rings. The van der Waals surface area contributed by atoms with Gasteiger partial charge in [0.25, 0.3) is 17.7 Å². The van der Waals surface area contributed by atoms with Crippen LogP contribution in [-0.2, 0) is 19.9 Å². The monoisotopic (exact) mass is 539 g/mol. The molecule has 0 bridgehead atoms. The third-order valence-electron chi connectivity index (χ3n) is 7.52. The molecule has 1 saturated heterocycles. The molecule has 8 heteroatoms. The number of hydrogen-bond donors (Lipinski definition) is 1. The van der Waals surface area contributed by atoms with Crippen LogP contribution < -0.4 is 0 Å². The van der Waals surface area contributed by atoms with Crippen molar-refractivity contribution in [3.63, 3.8) is 0 Å². The Balaban J connectivity index is 1.45. The molecule has 0 aliphatic carbocycles. The molecular formula is C32H33N3O5. The molecule has 2 aliphatic rings. The molecule has 2 aliphatic heterocycles. The molecule has 1 fully saturated rings. The van der Waals surface area contributed by atoms with E-state index in [0.717, 1.165) is 61.6 Å². The van der Waals surface area contributed by atoms with Gasteiger partial charge in [-0.25, -0.2) is 4.90 Å². The maximum absolute atomic E-state index is 13.0. The summed E-state index contributed by atoms with van der Waals surface area (Å²) in [5, 5.41) is 9.24. The smallest absolute Gasteiger partial charge is 0.267 e. The van der Waals surface area contributed by atoms with Crippen molar-refractivity contribution in [2.24, 2.45) is 0 Å². The zero-order valence-electron chi connectivity index (χ0n) is 22.3. The molecular weight excluding hydrogens is 506 g/mol. The molecule has 0 atom stereocenters. The number of aliphatic hydroxyl groups is 1. The average molecular weight is 540 g/mol. The Morgan fingerprint density at radius 1 is 0.700 bits per heavy atom. The molecule has 40 heavy (non-hydrogen) atoms. The Kier molecular flexibility index (Phi) is 8.62. The van der Waals surface area contributed by atoms with Crippen LogP contribution in [0.25, 0.3) is 0 Å². The van der Waals surface area contributed by atoms with Crippen molar-refractivity contribution in [3.05, 3.63) is 119 Å². The van der Waals surface area contributed by atoms with Gasteiger partial charge in [0.05, 0.1) is 13.2 Å². The third-order valence-corrected chi connectivity index (χ3v) is 7.52. The first-order chi connectivity index (χ1) is 19.5. The van der Waals surface area contributed by atoms with Gasteiger partial charge in [-0.1, -0.05) is 72.8 Å². The number of carbonyl (C=O) groups excluding carboxylic acids is 3. The molecule has 3 amide bonds. The number of benzene rings is 3. The SMILES string of the molecule is O=C1C=CC(=O)N1C(=O)c1ccc(C(OCCN2CCN(CCO)CC2)(c2ccccc2)c2ccccc2)cc1. The fraction of sp³-hybridized carbons (Fsp3) is 0.281. The highest BCUT2D eigenvalue weighted by Crippen LogP contribution is 2.40. The lowest BCUT2D eigenvalue weighted by Gasteiger charge is -2.38. The number of imide groups is 3. The van der Waals surface area contributed by atoms with Crippen LogP contribution in [0, 0.1) is 0 Å². The van der Waals surface area contributed by atoms with Crippen molar-refractivity contribution in [1.82, 2.24) is 14.7 Å². The summed E-state index contributed by atoms with van der Waals surface area (Å²) in [5.41, 5.74) is 2.00. The zero-order chi connectivity index (χ0) is 28.0. The minimum atomic E-state index is -0.955. The van der Waals surface area contributed by atoms with Crippen molar-refractivity contribution >= 4 is 17.7 Å². The van der Waals surface area contributed by atoms with Crippen LogP contribution >= 0.6 is 0 Å². The first kappa shape index (κ1) is 27.6. The van der Waals surface area contributed by atoms with Crippen molar-refractivity contribution in [2.45, 2.75) is 5.60 Å². The summed E-state index contributed by atoms with van der Waals surface area (Å²) >= 11 is 0. The Morgan fingerprint density at radius 2 is 1.18 bits per heavy atom. The number of ether oxygens (including phenoxy) is 1. The molecule has 0 saturated carbocycles. The quantitative estimate of drug-likeness (QED) is 0.313. The van der Waals surface area contributed by atoms with Crippen molar-refractivity contribution < 1.29 is 24.2 Å². The van der Waals surface area contributed by atoms with Crippen LogP contribution in [0.4, 0.5) is 0 Å². The number of aliphatic hydroxyl groups excluding tert-OH is 1. The highest BCUT2D eigenvalue weighted by Gasteiger charge is 2.38. The van der Waals surface area contributed by atoms with Crippen LogP contribution in [0.1, 0.15) is 27.0 Å². The average Bonchev–Trinajstić information content (AvgIpc) is 3.34. The van der Waals surface area contributed by atoms with Gasteiger partial charge in [-0.05, 0) is 28.8 Å². The molecule has 0 unspecified atom stereocenters. The van der Waals surface area contributed by atoms with Crippen molar-refractivity contribution in [3.8, 4) is 0 Å². The molecule has 5 rings (SSSR count). The van der Waals surface area contributed by atoms with Gasteiger partial charge in [0.15, 0.2) is 0 Å². The number of hydrogen-bond acceptors (Lipinski definition) is 7. The van der Waals surface area contributed by atoms with Gasteiger partial charge in [-0.2, -0.15) is 0 Å². The van der Waals surface area contributed by atoms with Crippen LogP contribution in [0.2, 0.25) is 0 Å². The predicted octanol–water partition coefficient (Wildman–Crippen LogP) is 2.67. The summed E-state index contributed by atoms with van der Waals surface area (Å²) in [5.74, 6) is -1.93. The van der Waals surface area contributed by atoms with Crippen LogP contribution in [0.5, 0.6) is 0 Å². The van der Waals surface area contributed by atoms with E-state index in [1.165, 1.54) is 0 Å². The number of nitrogens with zero attached hydrogens (tertiary/aromatic N) is 3. The zero-order valence-corrected chi connectivity index (χ0v) is 22.3. The number of rotatable bonds is 10. The predicted molar refractivity (Wildman–Crippen MR) is 150 cm³/mol. The number of carbonyl (C=O) groups is 3. The lowest BCUT2D eigenvalue weighted by Crippen LogP contribution is -2.48. The molecule has 206 valence electrons. The summed E-state index contributed by atoms with van der Waals surface area (Å²) in [6, 6.07) is 26.9. The van der Waals surface area contributed by atoms with Gasteiger partial charge < -0.3 is 9.84 Å². The first-order valence-corrected chi connectivity index (χ1v) is 13.5. The minimum absolute atomic E-state index is 0.172. The van der Waals surface area contributed by atoms with E-state index in [1.807, 2.05) is 72.8 Å². The summed E-state index contributed by atoms with van der Waals surface area (Å²) in [4.78, 5) is 42.4. The van der Waals surface area contributed by atoms with Gasteiger partial charge in [-0.3, -0.25) is 24.2 Å². The van der Waals surface area contributed by atoms with E-state index in [-0.39, 0.29) is 12.2 Å². The summed E-state index contributed by atoms with van der Waals surface area (Å²) in [7, 11) is 0. The molecule has 0 radical (unpaired) electrons. The molecule has 0 aromatic heterocycles. The molecule has 3 aromatic carbocycles. The third kappa shape index (κ3) is 5.66. The molecule has 1 N–H and O–H groups in total. The van der Waals surface area contributed by atoms with E-state index in [4.69, 9.17) is 4.74 Å². The van der Waals surface area contributed by atoms with E-state index >= 15 is 0 Å². The summed E-state index contributed by atoms with van der Waals surface area (Å²) in [6.07, 6.45) is 2.20. The largest absolute Gasteiger partial charge is 0.395 e. The molecule has 2 heterocycles. The van der Waals surface area contributed by atoms with Gasteiger partial charge in [-0.15, -0.1) is 0 Å². The fourth-order valence-electron chi connectivity index (χ4n) is 5.38. The number of β-amino-alcohol motifs (C(OH)–C–C–N with tert-alkyl or cyclic N) is 1. The fourth-order valence-corrected chi connectivity index (χ4v) is 5.38. The van der Waals surface area contributed by atoms with Gasteiger partial charge >= 0.3 is 0 Å². The Hall–Kier alpha value is -3.95. The minimum Gasteiger partial charge on any atom is -0.395 e. The Bertz CT molecular complexity index is 1290. The molecule has 0 spiro atoms. The van der Waals surface area contributed by atoms with E-state index < -0.39 is 23.3 Å². The number of amides is 3. The lowest BCUT2D eigenvalue weighted by molar-refractivity contribution is -0.133. The Labute approximate surface area is 234 Å². The van der Waals surface area contributed by atoms with E-state index in [2.05, 4.69) is 9.80 Å². The van der Waals surface area contributed by atoms with Crippen molar-refractivity contribution in [1.29, 1.82) is 0 Å². The second-order valence-corrected chi connectivity index (χ2v) is 9.90.